The number of nitrogens with two attached hydrogens (primary N) is 1. The van der Waals surface area contributed by atoms with Gasteiger partial charge in [0.15, 0.2) is 5.78 Å². The minimum atomic E-state index is -0.718. The second kappa shape index (κ2) is 6.68. The highest BCUT2D eigenvalue weighted by molar-refractivity contribution is 5.95. The molecule has 8 nitrogen and oxygen atoms in total. The molecule has 5 rings (SSSR count). The van der Waals surface area contributed by atoms with E-state index in [9.17, 15) is 4.79 Å². The summed E-state index contributed by atoms with van der Waals surface area (Å²) in [5, 5.41) is 0. The van der Waals surface area contributed by atoms with Gasteiger partial charge >= 0.3 is 0 Å². The number of aliphatic imine (C=N–C) groups is 1. The molecule has 3 aliphatic rings. The molecule has 0 aliphatic carbocycles. The normalized spacial score (nSPS) is 24.5. The predicted octanol–water partition coefficient (Wildman–Crippen LogP) is 2.24. The summed E-state index contributed by atoms with van der Waals surface area (Å²) in [4.78, 5) is 21.8. The van der Waals surface area contributed by atoms with Crippen LogP contribution >= 0.6 is 0 Å². The third kappa shape index (κ3) is 2.74. The molecule has 1 saturated heterocycles. The third-order valence-electron chi connectivity index (χ3n) is 6.85. The average molecular weight is 423 g/mol. The number of pyridine rings is 1. The third-order valence-corrected chi connectivity index (χ3v) is 6.85. The summed E-state index contributed by atoms with van der Waals surface area (Å²) in [6.07, 6.45) is 1.74. The quantitative estimate of drug-likeness (QED) is 0.752. The van der Waals surface area contributed by atoms with Crippen LogP contribution in [0.3, 0.4) is 0 Å². The van der Waals surface area contributed by atoms with Crippen molar-refractivity contribution in [3.05, 3.63) is 53.3 Å². The number of Topliss-reactive ketones (excluding diaryl/α,β-unsaturated/α-hetero) is 1. The van der Waals surface area contributed by atoms with Crippen LogP contribution in [0.4, 0.5) is 0 Å². The number of rotatable bonds is 4. The van der Waals surface area contributed by atoms with Gasteiger partial charge in [0.2, 0.25) is 0 Å². The molecule has 4 heterocycles. The molecule has 1 atom stereocenters. The minimum Gasteiger partial charge on any atom is -0.495 e. The van der Waals surface area contributed by atoms with E-state index in [4.69, 9.17) is 29.7 Å². The molecular formula is C23H25N3O5. The van der Waals surface area contributed by atoms with Crippen LogP contribution in [-0.4, -0.2) is 49.3 Å². The first-order valence-corrected chi connectivity index (χ1v) is 10.2. The topological polar surface area (TPSA) is 105 Å². The fourth-order valence-electron chi connectivity index (χ4n) is 4.88. The van der Waals surface area contributed by atoms with E-state index in [1.54, 1.807) is 25.4 Å². The summed E-state index contributed by atoms with van der Waals surface area (Å²) in [5.41, 5.74) is 6.44. The van der Waals surface area contributed by atoms with Crippen LogP contribution < -0.4 is 15.2 Å². The number of benzene rings is 1. The summed E-state index contributed by atoms with van der Waals surface area (Å²) in [6.45, 7) is 5.42. The molecule has 31 heavy (non-hydrogen) atoms. The Kier molecular flexibility index (Phi) is 4.27. The van der Waals surface area contributed by atoms with Crippen molar-refractivity contribution in [1.82, 2.24) is 4.98 Å². The molecule has 2 N–H and O–H groups in total. The van der Waals surface area contributed by atoms with Crippen LogP contribution in [0.15, 0.2) is 41.5 Å². The number of carbonyl (C=O) groups is 1. The highest BCUT2D eigenvalue weighted by Crippen LogP contribution is 2.62. The molecule has 0 amide bonds. The Hall–Kier alpha value is -3.13. The summed E-state index contributed by atoms with van der Waals surface area (Å²) in [5.74, 6) is 1.25. The first-order valence-electron chi connectivity index (χ1n) is 10.2. The lowest BCUT2D eigenvalue weighted by atomic mass is 9.55. The number of aromatic nitrogens is 1. The molecule has 3 aliphatic heterocycles. The van der Waals surface area contributed by atoms with Crippen molar-refractivity contribution in [2.24, 2.45) is 16.1 Å². The Balaban J connectivity index is 1.53. The van der Waals surface area contributed by atoms with Crippen molar-refractivity contribution in [1.29, 1.82) is 0 Å². The molecule has 1 fully saturated rings. The number of ether oxygens (including phenoxy) is 4. The van der Waals surface area contributed by atoms with Crippen LogP contribution in [0.1, 0.15) is 35.5 Å². The van der Waals surface area contributed by atoms with E-state index in [0.29, 0.717) is 31.3 Å². The number of amidine groups is 1. The zero-order chi connectivity index (χ0) is 21.9. The first-order chi connectivity index (χ1) is 14.8. The lowest BCUT2D eigenvalue weighted by molar-refractivity contribution is -0.247. The lowest BCUT2D eigenvalue weighted by Gasteiger charge is -2.61. The van der Waals surface area contributed by atoms with Gasteiger partial charge in [0, 0.05) is 12.0 Å². The maximum absolute atomic E-state index is 12.8. The number of methoxy groups -OCH3 is 1. The maximum atomic E-state index is 12.8. The van der Waals surface area contributed by atoms with Gasteiger partial charge in [-0.1, -0.05) is 6.07 Å². The van der Waals surface area contributed by atoms with Crippen LogP contribution in [0.25, 0.3) is 0 Å². The van der Waals surface area contributed by atoms with Gasteiger partial charge in [0.05, 0.1) is 31.9 Å². The molecule has 0 radical (unpaired) electrons. The second-order valence-corrected chi connectivity index (χ2v) is 8.80. The van der Waals surface area contributed by atoms with Gasteiger partial charge in [-0.05, 0) is 43.7 Å². The van der Waals surface area contributed by atoms with Crippen LogP contribution in [0, 0.1) is 5.41 Å². The zero-order valence-corrected chi connectivity index (χ0v) is 17.8. The van der Waals surface area contributed by atoms with Crippen molar-refractivity contribution < 1.29 is 23.7 Å². The standard InChI is InChI=1S/C23H25N3O5/c1-21(2)22(11-29-12-22)23(13-30-20(24)26-23)16-8-14(4-7-19(16)31-21)9-18(27)17-6-5-15(28-3)10-25-17/h4-8,10H,9,11-13H2,1-3H3,(H2,24,26). The molecule has 8 heteroatoms. The van der Waals surface area contributed by atoms with E-state index in [1.807, 2.05) is 18.2 Å². The number of ketones is 1. The minimum absolute atomic E-state index is 0.0823. The Morgan fingerprint density at radius 2 is 2.00 bits per heavy atom. The highest BCUT2D eigenvalue weighted by atomic mass is 16.5. The fourth-order valence-corrected chi connectivity index (χ4v) is 4.88. The van der Waals surface area contributed by atoms with Gasteiger partial charge in [-0.15, -0.1) is 0 Å². The van der Waals surface area contributed by atoms with Gasteiger partial charge in [-0.3, -0.25) is 4.79 Å². The van der Waals surface area contributed by atoms with Crippen molar-refractivity contribution >= 4 is 11.8 Å². The van der Waals surface area contributed by atoms with Gasteiger partial charge in [0.1, 0.15) is 34.9 Å². The lowest BCUT2D eigenvalue weighted by Crippen LogP contribution is -2.71. The van der Waals surface area contributed by atoms with E-state index in [1.165, 1.54) is 0 Å². The Morgan fingerprint density at radius 1 is 1.19 bits per heavy atom. The number of fused-ring (bicyclic) bond motifs is 3. The molecule has 2 spiro atoms. The van der Waals surface area contributed by atoms with Crippen LogP contribution in [0.2, 0.25) is 0 Å². The number of carbonyl (C=O) groups excluding carboxylic acids is 1. The van der Waals surface area contributed by atoms with Gasteiger partial charge in [0.25, 0.3) is 6.02 Å². The van der Waals surface area contributed by atoms with E-state index in [0.717, 1.165) is 16.9 Å². The van der Waals surface area contributed by atoms with Crippen molar-refractivity contribution in [3.63, 3.8) is 0 Å². The molecule has 0 saturated carbocycles. The summed E-state index contributed by atoms with van der Waals surface area (Å²) in [6, 6.07) is 9.35. The molecule has 1 aromatic carbocycles. The maximum Gasteiger partial charge on any atom is 0.283 e. The smallest absolute Gasteiger partial charge is 0.283 e. The number of hydrogen-bond acceptors (Lipinski definition) is 8. The van der Waals surface area contributed by atoms with E-state index in [2.05, 4.69) is 18.8 Å². The fraction of sp³-hybridized carbons (Fsp3) is 0.435. The molecular weight excluding hydrogens is 398 g/mol. The monoisotopic (exact) mass is 423 g/mol. The second-order valence-electron chi connectivity index (χ2n) is 8.80. The SMILES string of the molecule is COc1ccc(C(=O)Cc2ccc3c(c2)C2(COC(N)=N2)C2(COC2)C(C)(C)O3)nc1. The van der Waals surface area contributed by atoms with Gasteiger partial charge in [-0.2, -0.15) is 0 Å². The van der Waals surface area contributed by atoms with E-state index in [-0.39, 0.29) is 18.2 Å². The van der Waals surface area contributed by atoms with Crippen molar-refractivity contribution in [3.8, 4) is 11.5 Å². The van der Waals surface area contributed by atoms with E-state index >= 15 is 0 Å². The van der Waals surface area contributed by atoms with Crippen molar-refractivity contribution in [2.45, 2.75) is 31.4 Å². The van der Waals surface area contributed by atoms with E-state index < -0.39 is 16.6 Å². The van der Waals surface area contributed by atoms with Gasteiger partial charge < -0.3 is 24.7 Å². The Bertz CT molecular complexity index is 1080. The van der Waals surface area contributed by atoms with Crippen molar-refractivity contribution in [2.75, 3.05) is 26.9 Å². The zero-order valence-electron chi connectivity index (χ0n) is 17.8. The number of nitrogens with zero attached hydrogens (tertiary/aromatic N) is 2. The molecule has 1 aromatic heterocycles. The Labute approximate surface area is 180 Å². The highest BCUT2D eigenvalue weighted by Gasteiger charge is 2.71. The molecule has 1 unspecified atom stereocenters. The predicted molar refractivity (Wildman–Crippen MR) is 112 cm³/mol. The van der Waals surface area contributed by atoms with Crippen LogP contribution in [-0.2, 0) is 21.4 Å². The average Bonchev–Trinajstić information content (AvgIpc) is 3.09. The summed E-state index contributed by atoms with van der Waals surface area (Å²) < 4.78 is 22.8. The molecule has 162 valence electrons. The van der Waals surface area contributed by atoms with Gasteiger partial charge in [-0.25, -0.2) is 9.98 Å². The first kappa shape index (κ1) is 19.8. The Morgan fingerprint density at radius 3 is 2.58 bits per heavy atom. The molecule has 2 aromatic rings. The molecule has 0 bridgehead atoms. The largest absolute Gasteiger partial charge is 0.495 e. The summed E-state index contributed by atoms with van der Waals surface area (Å²) >= 11 is 0. The van der Waals surface area contributed by atoms with Crippen LogP contribution in [0.5, 0.6) is 11.5 Å². The summed E-state index contributed by atoms with van der Waals surface area (Å²) in [7, 11) is 1.56. The number of hydrogen-bond donors (Lipinski definition) is 1.